The first-order valence-electron chi connectivity index (χ1n) is 9.68. The zero-order valence-corrected chi connectivity index (χ0v) is 17.7. The largest absolute Gasteiger partial charge is 0.488 e. The molecule has 0 aliphatic carbocycles. The summed E-state index contributed by atoms with van der Waals surface area (Å²) in [4.78, 5) is 38.1. The van der Waals surface area contributed by atoms with E-state index in [-0.39, 0.29) is 11.0 Å². The predicted octanol–water partition coefficient (Wildman–Crippen LogP) is 4.64. The molecule has 1 heterocycles. The molecule has 0 saturated carbocycles. The Balaban J connectivity index is 1.72. The molecule has 0 N–H and O–H groups in total. The van der Waals surface area contributed by atoms with Crippen LogP contribution in [0.15, 0.2) is 59.5 Å². The predicted molar refractivity (Wildman–Crippen MR) is 116 cm³/mol. The molecule has 2 aromatic rings. The van der Waals surface area contributed by atoms with Crippen LogP contribution in [0.4, 0.5) is 4.79 Å². The fourth-order valence-electron chi connectivity index (χ4n) is 2.72. The smallest absolute Gasteiger partial charge is 0.326 e. The van der Waals surface area contributed by atoms with Gasteiger partial charge in [-0.3, -0.25) is 19.3 Å². The maximum atomic E-state index is 12.7. The van der Waals surface area contributed by atoms with E-state index in [1.54, 1.807) is 13.0 Å². The molecule has 2 amide bonds. The minimum absolute atomic E-state index is 0.243. The highest BCUT2D eigenvalue weighted by Crippen LogP contribution is 2.34. The van der Waals surface area contributed by atoms with E-state index in [2.05, 4.69) is 0 Å². The van der Waals surface area contributed by atoms with Crippen molar-refractivity contribution in [2.24, 2.45) is 0 Å². The van der Waals surface area contributed by atoms with Gasteiger partial charge < -0.3 is 9.47 Å². The third-order valence-electron chi connectivity index (χ3n) is 4.51. The number of amides is 2. The van der Waals surface area contributed by atoms with Crippen molar-refractivity contribution in [3.8, 4) is 5.75 Å². The van der Waals surface area contributed by atoms with Crippen molar-refractivity contribution >= 4 is 35.0 Å². The monoisotopic (exact) mass is 425 g/mol. The summed E-state index contributed by atoms with van der Waals surface area (Å²) < 4.78 is 11.1. The molecular weight excluding hydrogens is 402 g/mol. The molecule has 7 heteroatoms. The molecular formula is C23H23NO5S. The van der Waals surface area contributed by atoms with Crippen LogP contribution in [-0.2, 0) is 20.9 Å². The Hall–Kier alpha value is -3.06. The second-order valence-electron chi connectivity index (χ2n) is 6.79. The number of benzene rings is 2. The Kier molecular flexibility index (Phi) is 7.30. The Labute approximate surface area is 179 Å². The van der Waals surface area contributed by atoms with E-state index in [4.69, 9.17) is 9.47 Å². The topological polar surface area (TPSA) is 72.9 Å². The van der Waals surface area contributed by atoms with E-state index in [9.17, 15) is 14.4 Å². The van der Waals surface area contributed by atoms with Crippen molar-refractivity contribution in [3.63, 3.8) is 0 Å². The number of nitrogens with zero attached hydrogens (tertiary/aromatic N) is 1. The minimum Gasteiger partial charge on any atom is -0.488 e. The molecule has 3 rings (SSSR count). The number of hydrogen-bond acceptors (Lipinski definition) is 6. The van der Waals surface area contributed by atoms with Gasteiger partial charge in [0.25, 0.3) is 11.1 Å². The Bertz CT molecular complexity index is 957. The number of carbonyl (C=O) groups excluding carboxylic acids is 3. The van der Waals surface area contributed by atoms with E-state index < -0.39 is 23.7 Å². The second kappa shape index (κ2) is 10.1. The van der Waals surface area contributed by atoms with Crippen molar-refractivity contribution in [1.29, 1.82) is 0 Å². The van der Waals surface area contributed by atoms with Gasteiger partial charge in [0.1, 0.15) is 18.9 Å². The van der Waals surface area contributed by atoms with Crippen LogP contribution >= 0.6 is 11.8 Å². The Morgan fingerprint density at radius 2 is 1.80 bits per heavy atom. The molecule has 0 aromatic heterocycles. The average Bonchev–Trinajstić information content (AvgIpc) is 3.01. The molecule has 0 radical (unpaired) electrons. The first-order valence-corrected chi connectivity index (χ1v) is 10.5. The van der Waals surface area contributed by atoms with E-state index in [0.29, 0.717) is 24.3 Å². The number of carbonyl (C=O) groups is 3. The average molecular weight is 426 g/mol. The molecule has 1 fully saturated rings. The highest BCUT2D eigenvalue weighted by Gasteiger charge is 2.37. The lowest BCUT2D eigenvalue weighted by Gasteiger charge is -2.15. The van der Waals surface area contributed by atoms with Crippen LogP contribution in [0.1, 0.15) is 31.4 Å². The summed E-state index contributed by atoms with van der Waals surface area (Å²) >= 11 is 0.802. The van der Waals surface area contributed by atoms with Crippen LogP contribution in [0.3, 0.4) is 0 Å². The maximum absolute atomic E-state index is 12.7. The van der Waals surface area contributed by atoms with Gasteiger partial charge in [0, 0.05) is 5.56 Å². The number of thioether (sulfide) groups is 1. The second-order valence-corrected chi connectivity index (χ2v) is 7.78. The number of ether oxygens (including phenoxy) is 2. The number of hydrogen-bond donors (Lipinski definition) is 0. The van der Waals surface area contributed by atoms with Gasteiger partial charge in [0.05, 0.1) is 11.0 Å². The highest BCUT2D eigenvalue weighted by molar-refractivity contribution is 8.18. The van der Waals surface area contributed by atoms with Crippen LogP contribution in [0.5, 0.6) is 5.75 Å². The summed E-state index contributed by atoms with van der Waals surface area (Å²) in [7, 11) is 0. The molecule has 2 aromatic carbocycles. The minimum atomic E-state index is -0.598. The van der Waals surface area contributed by atoms with Gasteiger partial charge in [0.2, 0.25) is 0 Å². The zero-order chi connectivity index (χ0) is 21.5. The molecule has 6 nitrogen and oxygen atoms in total. The molecule has 0 unspecified atom stereocenters. The third-order valence-corrected chi connectivity index (χ3v) is 5.42. The number of imide groups is 1. The van der Waals surface area contributed by atoms with E-state index >= 15 is 0 Å². The van der Waals surface area contributed by atoms with Gasteiger partial charge in [0.15, 0.2) is 0 Å². The van der Waals surface area contributed by atoms with Crippen molar-refractivity contribution in [3.05, 3.63) is 70.6 Å². The quantitative estimate of drug-likeness (QED) is 0.453. The molecule has 1 aliphatic heterocycles. The van der Waals surface area contributed by atoms with Crippen LogP contribution in [0, 0.1) is 0 Å². The molecule has 30 heavy (non-hydrogen) atoms. The van der Waals surface area contributed by atoms with Gasteiger partial charge in [-0.05, 0) is 42.8 Å². The van der Waals surface area contributed by atoms with Crippen LogP contribution in [0.25, 0.3) is 6.08 Å². The molecule has 1 saturated heterocycles. The van der Waals surface area contributed by atoms with Gasteiger partial charge >= 0.3 is 5.97 Å². The fourth-order valence-corrected chi connectivity index (χ4v) is 3.55. The summed E-state index contributed by atoms with van der Waals surface area (Å²) in [6, 6.07) is 17.0. The highest BCUT2D eigenvalue weighted by atomic mass is 32.2. The third kappa shape index (κ3) is 5.51. The first-order chi connectivity index (χ1) is 14.5. The van der Waals surface area contributed by atoms with E-state index in [0.717, 1.165) is 22.2 Å². The Morgan fingerprint density at radius 3 is 2.53 bits per heavy atom. The van der Waals surface area contributed by atoms with Crippen molar-refractivity contribution in [1.82, 2.24) is 4.90 Å². The standard InChI is InChI=1S/C23H23NO5S/c1-3-16(2)29-21(25)14-24-22(26)20(30-23(24)27)13-18-11-7-8-12-19(18)28-15-17-9-5-4-6-10-17/h4-13,16H,3,14-15H2,1-2H3/b20-13+/t16-/m0/s1. The molecule has 1 atom stereocenters. The fraction of sp³-hybridized carbons (Fsp3) is 0.261. The zero-order valence-electron chi connectivity index (χ0n) is 16.9. The summed E-state index contributed by atoms with van der Waals surface area (Å²) in [6.45, 7) is 3.64. The normalized spacial score (nSPS) is 16.1. The SMILES string of the molecule is CC[C@H](C)OC(=O)CN1C(=O)S/C(=C/c2ccccc2OCc2ccccc2)C1=O. The van der Waals surface area contributed by atoms with E-state index in [1.807, 2.05) is 61.5 Å². The van der Waals surface area contributed by atoms with Gasteiger partial charge in [-0.25, -0.2) is 0 Å². The van der Waals surface area contributed by atoms with Gasteiger partial charge in [-0.1, -0.05) is 55.5 Å². The first kappa shape index (κ1) is 21.6. The van der Waals surface area contributed by atoms with Crippen LogP contribution in [0.2, 0.25) is 0 Å². The molecule has 0 spiro atoms. The van der Waals surface area contributed by atoms with Gasteiger partial charge in [-0.2, -0.15) is 0 Å². The van der Waals surface area contributed by atoms with Crippen molar-refractivity contribution in [2.45, 2.75) is 33.0 Å². The molecule has 0 bridgehead atoms. The lowest BCUT2D eigenvalue weighted by molar-refractivity contribution is -0.150. The number of para-hydroxylation sites is 1. The van der Waals surface area contributed by atoms with Crippen molar-refractivity contribution < 1.29 is 23.9 Å². The van der Waals surface area contributed by atoms with Crippen LogP contribution < -0.4 is 4.74 Å². The van der Waals surface area contributed by atoms with Crippen LogP contribution in [-0.4, -0.2) is 34.7 Å². The van der Waals surface area contributed by atoms with Gasteiger partial charge in [-0.15, -0.1) is 0 Å². The lowest BCUT2D eigenvalue weighted by atomic mass is 10.1. The molecule has 1 aliphatic rings. The number of esters is 1. The number of rotatable bonds is 8. The van der Waals surface area contributed by atoms with Crippen molar-refractivity contribution in [2.75, 3.05) is 6.54 Å². The van der Waals surface area contributed by atoms with E-state index in [1.165, 1.54) is 0 Å². The lowest BCUT2D eigenvalue weighted by Crippen LogP contribution is -2.35. The Morgan fingerprint density at radius 1 is 1.10 bits per heavy atom. The summed E-state index contributed by atoms with van der Waals surface area (Å²) in [5.41, 5.74) is 1.70. The summed E-state index contributed by atoms with van der Waals surface area (Å²) in [5.74, 6) is -0.507. The molecule has 156 valence electrons. The maximum Gasteiger partial charge on any atom is 0.326 e. The summed E-state index contributed by atoms with van der Waals surface area (Å²) in [6.07, 6.45) is 2.01. The summed E-state index contributed by atoms with van der Waals surface area (Å²) in [5, 5.41) is -0.491.